The molecule has 0 amide bonds. The summed E-state index contributed by atoms with van der Waals surface area (Å²) in [6.45, 7) is 8.47. The smallest absolute Gasteiger partial charge is 0.328 e. The van der Waals surface area contributed by atoms with Gasteiger partial charge < -0.3 is 20.1 Å². The van der Waals surface area contributed by atoms with E-state index in [2.05, 4.69) is 6.92 Å². The Morgan fingerprint density at radius 1 is 1.45 bits per heavy atom. The monoisotopic (exact) mass is 306 g/mol. The Hall–Kier alpha value is -1.91. The fraction of sp³-hybridized carbons (Fsp3) is 0.588. The molecule has 1 aromatic rings. The number of carbonyl (C=O) groups is 1. The van der Waals surface area contributed by atoms with Gasteiger partial charge in [0.15, 0.2) is 0 Å². The summed E-state index contributed by atoms with van der Waals surface area (Å²) in [7, 11) is 0. The molecule has 3 atom stereocenters. The van der Waals surface area contributed by atoms with Crippen molar-refractivity contribution < 1.29 is 14.3 Å². The molecule has 0 saturated carbocycles. The van der Waals surface area contributed by atoms with Gasteiger partial charge in [0.2, 0.25) is 0 Å². The second kappa shape index (κ2) is 6.90. The van der Waals surface area contributed by atoms with E-state index < -0.39 is 6.04 Å². The molecule has 122 valence electrons. The summed E-state index contributed by atoms with van der Waals surface area (Å²) in [5.74, 6) is 0.515. The van der Waals surface area contributed by atoms with Gasteiger partial charge in [-0.3, -0.25) is 0 Å². The molecule has 3 unspecified atom stereocenters. The quantitative estimate of drug-likeness (QED) is 0.669. The van der Waals surface area contributed by atoms with Crippen molar-refractivity contribution in [3.63, 3.8) is 0 Å². The number of rotatable bonds is 5. The molecule has 5 heteroatoms. The largest absolute Gasteiger partial charge is 0.486 e. The third-order valence-electron chi connectivity index (χ3n) is 4.17. The zero-order valence-electron chi connectivity index (χ0n) is 13.8. The number of ether oxygens (including phenoxy) is 2. The van der Waals surface area contributed by atoms with Crippen molar-refractivity contribution in [1.29, 1.82) is 0 Å². The molecule has 0 radical (unpaired) electrons. The van der Waals surface area contributed by atoms with Crippen LogP contribution in [0.4, 0.5) is 11.4 Å². The highest BCUT2D eigenvalue weighted by Gasteiger charge is 2.33. The fourth-order valence-corrected chi connectivity index (χ4v) is 2.54. The molecular formula is C17H26N2O3. The first-order chi connectivity index (χ1) is 10.5. The zero-order valence-corrected chi connectivity index (χ0v) is 13.8. The Labute approximate surface area is 132 Å². The van der Waals surface area contributed by atoms with Crippen LogP contribution < -0.4 is 15.4 Å². The van der Waals surface area contributed by atoms with Gasteiger partial charge in [-0.1, -0.05) is 19.9 Å². The number of nitrogen functional groups attached to an aromatic ring is 1. The molecule has 0 spiro atoms. The van der Waals surface area contributed by atoms with Crippen molar-refractivity contribution in [2.24, 2.45) is 0 Å². The van der Waals surface area contributed by atoms with Crippen LogP contribution in [0.5, 0.6) is 5.75 Å². The third-order valence-corrected chi connectivity index (χ3v) is 4.17. The van der Waals surface area contributed by atoms with Crippen LogP contribution >= 0.6 is 0 Å². The predicted molar refractivity (Wildman–Crippen MR) is 88.2 cm³/mol. The summed E-state index contributed by atoms with van der Waals surface area (Å²) in [5.41, 5.74) is 7.52. The first kappa shape index (κ1) is 16.5. The maximum atomic E-state index is 12.4. The van der Waals surface area contributed by atoms with E-state index in [0.717, 1.165) is 24.3 Å². The lowest BCUT2D eigenvalue weighted by Gasteiger charge is -2.39. The first-order valence-corrected chi connectivity index (χ1v) is 8.00. The Balaban J connectivity index is 2.28. The highest BCUT2D eigenvalue weighted by Crippen LogP contribution is 2.40. The van der Waals surface area contributed by atoms with Gasteiger partial charge in [-0.05, 0) is 38.8 Å². The van der Waals surface area contributed by atoms with Crippen LogP contribution in [-0.2, 0) is 9.53 Å². The van der Waals surface area contributed by atoms with Crippen molar-refractivity contribution in [1.82, 2.24) is 0 Å². The van der Waals surface area contributed by atoms with Crippen molar-refractivity contribution in [3.05, 3.63) is 18.2 Å². The molecule has 1 aliphatic rings. The van der Waals surface area contributed by atoms with Crippen molar-refractivity contribution in [2.75, 3.05) is 17.2 Å². The molecule has 0 aliphatic carbocycles. The average Bonchev–Trinajstić information content (AvgIpc) is 2.52. The lowest BCUT2D eigenvalue weighted by molar-refractivity contribution is -0.149. The van der Waals surface area contributed by atoms with Crippen LogP contribution in [0.2, 0.25) is 0 Å². The van der Waals surface area contributed by atoms with Crippen LogP contribution in [0.25, 0.3) is 0 Å². The zero-order chi connectivity index (χ0) is 16.3. The number of esters is 1. The van der Waals surface area contributed by atoms with Gasteiger partial charge in [0, 0.05) is 0 Å². The molecule has 0 saturated heterocycles. The molecule has 0 bridgehead atoms. The van der Waals surface area contributed by atoms with E-state index in [9.17, 15) is 4.79 Å². The molecule has 1 aromatic carbocycles. The molecule has 0 fully saturated rings. The Bertz CT molecular complexity index is 533. The fourth-order valence-electron chi connectivity index (χ4n) is 2.54. The highest BCUT2D eigenvalue weighted by atomic mass is 16.5. The number of hydrogen-bond acceptors (Lipinski definition) is 5. The Kier molecular flexibility index (Phi) is 5.16. The lowest BCUT2D eigenvalue weighted by atomic mass is 10.1. The number of nitrogens with two attached hydrogens (primary N) is 1. The Morgan fingerprint density at radius 3 is 2.82 bits per heavy atom. The minimum atomic E-state index is -0.393. The van der Waals surface area contributed by atoms with Gasteiger partial charge in [-0.2, -0.15) is 0 Å². The van der Waals surface area contributed by atoms with Gasteiger partial charge in [-0.15, -0.1) is 0 Å². The summed E-state index contributed by atoms with van der Waals surface area (Å²) >= 11 is 0. The topological polar surface area (TPSA) is 64.8 Å². The lowest BCUT2D eigenvalue weighted by Crippen LogP contribution is -2.48. The minimum Gasteiger partial charge on any atom is -0.486 e. The predicted octanol–water partition coefficient (Wildman–Crippen LogP) is 2.98. The minimum absolute atomic E-state index is 0.0492. The average molecular weight is 306 g/mol. The maximum absolute atomic E-state index is 12.4. The van der Waals surface area contributed by atoms with E-state index in [0.29, 0.717) is 12.2 Å². The van der Waals surface area contributed by atoms with E-state index in [1.807, 2.05) is 43.9 Å². The number of fused-ring (bicyclic) bond motifs is 1. The standard InChI is InChI=1S/C17H26N2O3/c1-5-11(3)21-17(20)12(4)19-10-13(6-2)22-15-9-7-8-14(18)16(15)19/h7-9,11-13H,5-6,10,18H2,1-4H3. The molecule has 0 aromatic heterocycles. The summed E-state index contributed by atoms with van der Waals surface area (Å²) in [5, 5.41) is 0. The van der Waals surface area contributed by atoms with Crippen molar-refractivity contribution >= 4 is 17.3 Å². The SMILES string of the molecule is CCC(C)OC(=O)C(C)N1CC(CC)Oc2cccc(N)c21. The molecule has 1 aliphatic heterocycles. The number of para-hydroxylation sites is 1. The third kappa shape index (κ3) is 3.29. The van der Waals surface area contributed by atoms with Gasteiger partial charge in [-0.25, -0.2) is 4.79 Å². The van der Waals surface area contributed by atoms with E-state index >= 15 is 0 Å². The van der Waals surface area contributed by atoms with E-state index in [1.54, 1.807) is 0 Å². The van der Waals surface area contributed by atoms with E-state index in [4.69, 9.17) is 15.2 Å². The van der Waals surface area contributed by atoms with Gasteiger partial charge in [0.1, 0.15) is 23.6 Å². The first-order valence-electron chi connectivity index (χ1n) is 8.00. The second-order valence-corrected chi connectivity index (χ2v) is 5.83. The molecule has 2 rings (SSSR count). The summed E-state index contributed by atoms with van der Waals surface area (Å²) in [6.07, 6.45) is 1.65. The van der Waals surface area contributed by atoms with Crippen LogP contribution in [-0.4, -0.2) is 30.8 Å². The number of anilines is 2. The van der Waals surface area contributed by atoms with Crippen molar-refractivity contribution in [2.45, 2.75) is 58.8 Å². The number of hydrogen-bond donors (Lipinski definition) is 1. The molecule has 1 heterocycles. The van der Waals surface area contributed by atoms with Crippen molar-refractivity contribution in [3.8, 4) is 5.75 Å². The summed E-state index contributed by atoms with van der Waals surface area (Å²) in [6, 6.07) is 5.20. The van der Waals surface area contributed by atoms with Gasteiger partial charge in [0.05, 0.1) is 18.3 Å². The van der Waals surface area contributed by atoms with Crippen LogP contribution in [0.3, 0.4) is 0 Å². The summed E-state index contributed by atoms with van der Waals surface area (Å²) < 4.78 is 11.4. The van der Waals surface area contributed by atoms with Crippen LogP contribution in [0.1, 0.15) is 40.5 Å². The Morgan fingerprint density at radius 2 is 2.18 bits per heavy atom. The molecule has 22 heavy (non-hydrogen) atoms. The molecule has 2 N–H and O–H groups in total. The molecular weight excluding hydrogens is 280 g/mol. The number of carbonyl (C=O) groups excluding carboxylic acids is 1. The van der Waals surface area contributed by atoms with Crippen LogP contribution in [0.15, 0.2) is 18.2 Å². The van der Waals surface area contributed by atoms with Gasteiger partial charge in [0.25, 0.3) is 0 Å². The van der Waals surface area contributed by atoms with Crippen LogP contribution in [0, 0.1) is 0 Å². The van der Waals surface area contributed by atoms with E-state index in [-0.39, 0.29) is 18.2 Å². The molecule has 5 nitrogen and oxygen atoms in total. The number of benzene rings is 1. The number of nitrogens with zero attached hydrogens (tertiary/aromatic N) is 1. The van der Waals surface area contributed by atoms with Gasteiger partial charge >= 0.3 is 5.97 Å². The normalized spacial score (nSPS) is 19.8. The van der Waals surface area contributed by atoms with E-state index in [1.165, 1.54) is 0 Å². The highest BCUT2D eigenvalue weighted by molar-refractivity contribution is 5.85. The second-order valence-electron chi connectivity index (χ2n) is 5.83. The maximum Gasteiger partial charge on any atom is 0.328 e. The summed E-state index contributed by atoms with van der Waals surface area (Å²) in [4.78, 5) is 14.4.